The number of carbonyl (C=O) groups is 1. The lowest BCUT2D eigenvalue weighted by Crippen LogP contribution is -2.41. The Morgan fingerprint density at radius 3 is 2.67 bits per heavy atom. The minimum atomic E-state index is -0.0807. The van der Waals surface area contributed by atoms with E-state index in [9.17, 15) is 4.79 Å². The van der Waals surface area contributed by atoms with Gasteiger partial charge in [-0.1, -0.05) is 12.1 Å². The van der Waals surface area contributed by atoms with Crippen molar-refractivity contribution in [3.63, 3.8) is 0 Å². The quantitative estimate of drug-likeness (QED) is 0.675. The van der Waals surface area contributed by atoms with Crippen molar-refractivity contribution in [2.45, 2.75) is 69.4 Å². The second-order valence-electron chi connectivity index (χ2n) is 10.0. The monoisotopic (exact) mass is 458 g/mol. The number of fused-ring (bicyclic) bond motifs is 1. The van der Waals surface area contributed by atoms with Crippen molar-refractivity contribution >= 4 is 5.91 Å². The van der Waals surface area contributed by atoms with Crippen molar-refractivity contribution in [2.24, 2.45) is 5.92 Å². The zero-order chi connectivity index (χ0) is 22.5. The van der Waals surface area contributed by atoms with Crippen molar-refractivity contribution in [1.29, 1.82) is 0 Å². The molecule has 1 unspecified atom stereocenters. The van der Waals surface area contributed by atoms with E-state index in [1.54, 1.807) is 0 Å². The Bertz CT molecular complexity index is 781. The third kappa shape index (κ3) is 6.00. The molecule has 0 aromatic heterocycles. The molecule has 1 saturated carbocycles. The number of carbonyl (C=O) groups excluding carboxylic acids is 1. The van der Waals surface area contributed by atoms with Crippen LogP contribution in [0, 0.1) is 5.92 Å². The molecule has 3 fully saturated rings. The van der Waals surface area contributed by atoms with Gasteiger partial charge >= 0.3 is 0 Å². The molecule has 1 amide bonds. The number of piperidine rings is 1. The molecule has 0 bridgehead atoms. The molecule has 5 rings (SSSR count). The molecule has 1 aromatic rings. The first-order chi connectivity index (χ1) is 16.2. The van der Waals surface area contributed by atoms with Gasteiger partial charge in [-0.25, -0.2) is 0 Å². The summed E-state index contributed by atoms with van der Waals surface area (Å²) in [5.41, 5.74) is 1.33. The van der Waals surface area contributed by atoms with Gasteiger partial charge in [-0.05, 0) is 82.5 Å². The van der Waals surface area contributed by atoms with Crippen LogP contribution in [0.5, 0.6) is 11.5 Å². The number of amides is 1. The van der Waals surface area contributed by atoms with E-state index in [4.69, 9.17) is 18.9 Å². The first-order valence-electron chi connectivity index (χ1n) is 12.8. The van der Waals surface area contributed by atoms with Crippen molar-refractivity contribution in [2.75, 3.05) is 46.2 Å². The van der Waals surface area contributed by atoms with Crippen LogP contribution >= 0.6 is 0 Å². The highest BCUT2D eigenvalue weighted by molar-refractivity contribution is 5.76. The number of nitrogens with one attached hydrogen (secondary N) is 1. The van der Waals surface area contributed by atoms with E-state index >= 15 is 0 Å². The Labute approximate surface area is 197 Å². The van der Waals surface area contributed by atoms with E-state index in [1.807, 2.05) is 6.07 Å². The average molecular weight is 459 g/mol. The lowest BCUT2D eigenvalue weighted by molar-refractivity contribution is -0.132. The fourth-order valence-electron chi connectivity index (χ4n) is 5.85. The topological polar surface area (TPSA) is 69.3 Å². The summed E-state index contributed by atoms with van der Waals surface area (Å²) < 4.78 is 22.3. The number of ether oxygens (including phenoxy) is 4. The molecule has 2 saturated heterocycles. The summed E-state index contributed by atoms with van der Waals surface area (Å²) in [5.74, 6) is 3.34. The van der Waals surface area contributed by atoms with Crippen LogP contribution in [0.15, 0.2) is 18.2 Å². The Morgan fingerprint density at radius 2 is 1.88 bits per heavy atom. The van der Waals surface area contributed by atoms with Gasteiger partial charge in [-0.15, -0.1) is 0 Å². The lowest BCUT2D eigenvalue weighted by atomic mass is 9.83. The molecule has 7 heteroatoms. The molecule has 1 aliphatic carbocycles. The number of nitrogens with zero attached hydrogens (tertiary/aromatic N) is 1. The van der Waals surface area contributed by atoms with E-state index in [0.717, 1.165) is 43.3 Å². The SMILES string of the molecule is O=C(CC1COCCO1)NC1CCC(CCN2CCC(c3cccc4c3OCO4)CC2)CC1. The maximum Gasteiger partial charge on any atom is 0.231 e. The molecule has 0 radical (unpaired) electrons. The van der Waals surface area contributed by atoms with Crippen molar-refractivity contribution in [3.8, 4) is 11.5 Å². The first kappa shape index (κ1) is 22.9. The highest BCUT2D eigenvalue weighted by atomic mass is 16.7. The molecule has 0 spiro atoms. The van der Waals surface area contributed by atoms with Crippen molar-refractivity contribution in [3.05, 3.63) is 23.8 Å². The zero-order valence-electron chi connectivity index (χ0n) is 19.6. The standard InChI is InChI=1S/C26H38N2O5/c29-25(16-22-17-30-14-15-31-22)27-21-6-4-19(5-7-21)8-11-28-12-9-20(10-13-28)23-2-1-3-24-26(23)33-18-32-24/h1-3,19-22H,4-18H2,(H,27,29). The molecule has 1 N–H and O–H groups in total. The summed E-state index contributed by atoms with van der Waals surface area (Å²) in [5, 5.41) is 3.23. The smallest absolute Gasteiger partial charge is 0.231 e. The molecule has 3 aliphatic heterocycles. The molecule has 7 nitrogen and oxygen atoms in total. The van der Waals surface area contributed by atoms with Gasteiger partial charge in [0.1, 0.15) is 0 Å². The highest BCUT2D eigenvalue weighted by Gasteiger charge is 2.28. The van der Waals surface area contributed by atoms with Crippen molar-refractivity contribution < 1.29 is 23.7 Å². The third-order valence-electron chi connectivity index (χ3n) is 7.82. The molecular formula is C26H38N2O5. The maximum atomic E-state index is 12.3. The molecule has 182 valence electrons. The van der Waals surface area contributed by atoms with Gasteiger partial charge in [-0.2, -0.15) is 0 Å². The molecule has 1 atom stereocenters. The van der Waals surface area contributed by atoms with Crippen LogP contribution in [0.2, 0.25) is 0 Å². The minimum absolute atomic E-state index is 0.0807. The third-order valence-corrected chi connectivity index (χ3v) is 7.82. The predicted octanol–water partition coefficient (Wildman–Crippen LogP) is 3.47. The fraction of sp³-hybridized carbons (Fsp3) is 0.731. The number of benzene rings is 1. The van der Waals surface area contributed by atoms with Crippen LogP contribution in [-0.2, 0) is 14.3 Å². The minimum Gasteiger partial charge on any atom is -0.454 e. The van der Waals surface area contributed by atoms with Gasteiger partial charge < -0.3 is 29.2 Å². The number of likely N-dealkylation sites (tertiary alicyclic amines) is 1. The van der Waals surface area contributed by atoms with Gasteiger partial charge in [-0.3, -0.25) is 4.79 Å². The summed E-state index contributed by atoms with van der Waals surface area (Å²) in [6.45, 7) is 5.63. The number of rotatable bonds is 7. The van der Waals surface area contributed by atoms with E-state index in [1.165, 1.54) is 44.2 Å². The molecule has 3 heterocycles. The fourth-order valence-corrected chi connectivity index (χ4v) is 5.85. The van der Waals surface area contributed by atoms with Gasteiger partial charge in [0.25, 0.3) is 0 Å². The van der Waals surface area contributed by atoms with E-state index in [2.05, 4.69) is 22.3 Å². The van der Waals surface area contributed by atoms with Crippen molar-refractivity contribution in [1.82, 2.24) is 10.2 Å². The number of para-hydroxylation sites is 1. The second kappa shape index (κ2) is 11.1. The zero-order valence-corrected chi connectivity index (χ0v) is 19.6. The lowest BCUT2D eigenvalue weighted by Gasteiger charge is -2.35. The Kier molecular flexibility index (Phi) is 7.69. The molecule has 4 aliphatic rings. The first-order valence-corrected chi connectivity index (χ1v) is 12.8. The summed E-state index contributed by atoms with van der Waals surface area (Å²) in [4.78, 5) is 15.0. The summed E-state index contributed by atoms with van der Waals surface area (Å²) in [6, 6.07) is 6.63. The van der Waals surface area contributed by atoms with Gasteiger partial charge in [0, 0.05) is 11.6 Å². The number of hydrogen-bond acceptors (Lipinski definition) is 6. The average Bonchev–Trinajstić information content (AvgIpc) is 3.34. The Balaban J connectivity index is 0.980. The van der Waals surface area contributed by atoms with Gasteiger partial charge in [0.05, 0.1) is 32.3 Å². The van der Waals surface area contributed by atoms with E-state index in [-0.39, 0.29) is 12.0 Å². The van der Waals surface area contributed by atoms with Gasteiger partial charge in [0.15, 0.2) is 11.5 Å². The van der Waals surface area contributed by atoms with Crippen LogP contribution < -0.4 is 14.8 Å². The van der Waals surface area contributed by atoms with Crippen LogP contribution in [0.4, 0.5) is 0 Å². The van der Waals surface area contributed by atoms with Gasteiger partial charge in [0.2, 0.25) is 12.7 Å². The van der Waals surface area contributed by atoms with Crippen LogP contribution in [0.3, 0.4) is 0 Å². The normalized spacial score (nSPS) is 28.5. The highest BCUT2D eigenvalue weighted by Crippen LogP contribution is 2.42. The number of hydrogen-bond donors (Lipinski definition) is 1. The molecule has 1 aromatic carbocycles. The summed E-state index contributed by atoms with van der Waals surface area (Å²) >= 11 is 0. The second-order valence-corrected chi connectivity index (χ2v) is 10.0. The summed E-state index contributed by atoms with van der Waals surface area (Å²) in [6.07, 6.45) is 8.63. The Morgan fingerprint density at radius 1 is 1.03 bits per heavy atom. The maximum absolute atomic E-state index is 12.3. The van der Waals surface area contributed by atoms with Crippen LogP contribution in [0.1, 0.15) is 62.8 Å². The molecule has 33 heavy (non-hydrogen) atoms. The Hall–Kier alpha value is -1.83. The van der Waals surface area contributed by atoms with Crippen LogP contribution in [-0.4, -0.2) is 69.2 Å². The predicted molar refractivity (Wildman–Crippen MR) is 125 cm³/mol. The summed E-state index contributed by atoms with van der Waals surface area (Å²) in [7, 11) is 0. The largest absolute Gasteiger partial charge is 0.454 e. The molecular weight excluding hydrogens is 420 g/mol. The van der Waals surface area contributed by atoms with Crippen LogP contribution in [0.25, 0.3) is 0 Å². The van der Waals surface area contributed by atoms with E-state index < -0.39 is 0 Å². The van der Waals surface area contributed by atoms with E-state index in [0.29, 0.717) is 45.0 Å².